The van der Waals surface area contributed by atoms with Crippen LogP contribution in [0.4, 0.5) is 11.4 Å². The molecule has 5 nitrogen and oxygen atoms in total. The normalized spacial score (nSPS) is 10.7. The Bertz CT molecular complexity index is 884. The molecule has 3 rings (SSSR count). The largest absolute Gasteiger partial charge is 0.378 e. The fourth-order valence-corrected chi connectivity index (χ4v) is 2.92. The van der Waals surface area contributed by atoms with Gasteiger partial charge in [0.05, 0.1) is 0 Å². The third kappa shape index (κ3) is 4.25. The molecule has 0 aliphatic heterocycles. The summed E-state index contributed by atoms with van der Waals surface area (Å²) < 4.78 is 0. The highest BCUT2D eigenvalue weighted by atomic mass is 15.2. The van der Waals surface area contributed by atoms with E-state index in [1.54, 1.807) is 0 Å². The molecule has 5 heteroatoms. The number of hydrogen-bond acceptors (Lipinski definition) is 5. The smallest absolute Gasteiger partial charge is 0.151 e. The maximum atomic E-state index is 4.84. The molecule has 3 aromatic rings. The Morgan fingerprint density at radius 1 is 0.667 bits per heavy atom. The second kappa shape index (κ2) is 8.16. The van der Waals surface area contributed by atoms with E-state index in [4.69, 9.17) is 4.98 Å². The van der Waals surface area contributed by atoms with Gasteiger partial charge in [-0.1, -0.05) is 31.2 Å². The molecule has 27 heavy (non-hydrogen) atoms. The van der Waals surface area contributed by atoms with Crippen LogP contribution in [0.3, 0.4) is 0 Å². The molecule has 0 saturated carbocycles. The van der Waals surface area contributed by atoms with Crippen LogP contribution in [0, 0.1) is 0 Å². The Labute approximate surface area is 161 Å². The zero-order valence-electron chi connectivity index (χ0n) is 16.8. The summed E-state index contributed by atoms with van der Waals surface area (Å²) in [5, 5.41) is 8.89. The summed E-state index contributed by atoms with van der Waals surface area (Å²) in [7, 11) is 8.15. The van der Waals surface area contributed by atoms with E-state index >= 15 is 0 Å². The summed E-state index contributed by atoms with van der Waals surface area (Å²) >= 11 is 0. The molecule has 0 spiro atoms. The van der Waals surface area contributed by atoms with Crippen LogP contribution in [0.15, 0.2) is 48.5 Å². The molecule has 1 aromatic heterocycles. The van der Waals surface area contributed by atoms with E-state index in [1.165, 1.54) is 0 Å². The van der Waals surface area contributed by atoms with E-state index in [-0.39, 0.29) is 0 Å². The van der Waals surface area contributed by atoms with Gasteiger partial charge in [0.1, 0.15) is 11.4 Å². The highest BCUT2D eigenvalue weighted by Crippen LogP contribution is 2.30. The van der Waals surface area contributed by atoms with Crippen LogP contribution in [0.1, 0.15) is 19.2 Å². The molecule has 2 aromatic carbocycles. The van der Waals surface area contributed by atoms with Crippen molar-refractivity contribution in [2.45, 2.75) is 19.8 Å². The van der Waals surface area contributed by atoms with Crippen molar-refractivity contribution >= 4 is 11.4 Å². The summed E-state index contributed by atoms with van der Waals surface area (Å²) in [6.07, 6.45) is 1.83. The molecule has 0 atom stereocenters. The van der Waals surface area contributed by atoms with Crippen LogP contribution in [-0.2, 0) is 6.42 Å². The molecule has 1 heterocycles. The van der Waals surface area contributed by atoms with Gasteiger partial charge in [-0.2, -0.15) is 0 Å². The van der Waals surface area contributed by atoms with Crippen molar-refractivity contribution in [3.05, 3.63) is 54.4 Å². The average molecular weight is 361 g/mol. The lowest BCUT2D eigenvalue weighted by Crippen LogP contribution is -2.08. The maximum Gasteiger partial charge on any atom is 0.151 e. The lowest BCUT2D eigenvalue weighted by Gasteiger charge is -2.15. The Morgan fingerprint density at radius 3 is 1.59 bits per heavy atom. The van der Waals surface area contributed by atoms with E-state index in [9.17, 15) is 0 Å². The molecule has 0 aliphatic rings. The minimum absolute atomic E-state index is 0.790. The molecule has 140 valence electrons. The highest BCUT2D eigenvalue weighted by molar-refractivity contribution is 5.78. The van der Waals surface area contributed by atoms with Gasteiger partial charge in [0, 0.05) is 57.1 Å². The number of aryl methyl sites for hydroxylation is 1. The molecular formula is C22H27N5. The Balaban J connectivity index is 2.07. The third-order valence-corrected chi connectivity index (χ3v) is 4.52. The second-order valence-electron chi connectivity index (χ2n) is 7.06. The van der Waals surface area contributed by atoms with Gasteiger partial charge < -0.3 is 9.80 Å². The first-order chi connectivity index (χ1) is 13.0. The lowest BCUT2D eigenvalue weighted by atomic mass is 10.0. The van der Waals surface area contributed by atoms with Gasteiger partial charge in [0.25, 0.3) is 0 Å². The number of benzene rings is 2. The van der Waals surface area contributed by atoms with Crippen molar-refractivity contribution in [1.29, 1.82) is 0 Å². The SMILES string of the molecule is CCCc1nnc(-c2ccc(N(C)C)cc2)c(-c2ccc(N(C)C)cc2)n1. The molecule has 0 saturated heterocycles. The summed E-state index contributed by atoms with van der Waals surface area (Å²) in [5.74, 6) is 0.790. The summed E-state index contributed by atoms with van der Waals surface area (Å²) in [4.78, 5) is 9.01. The van der Waals surface area contributed by atoms with E-state index in [2.05, 4.69) is 75.5 Å². The van der Waals surface area contributed by atoms with Crippen LogP contribution in [0.25, 0.3) is 22.5 Å². The predicted octanol–water partition coefficient (Wildman–Crippen LogP) is 4.29. The molecule has 0 N–H and O–H groups in total. The van der Waals surface area contributed by atoms with Crippen molar-refractivity contribution in [1.82, 2.24) is 15.2 Å². The van der Waals surface area contributed by atoms with Crippen LogP contribution < -0.4 is 9.80 Å². The first-order valence-electron chi connectivity index (χ1n) is 9.28. The Kier molecular flexibility index (Phi) is 5.69. The van der Waals surface area contributed by atoms with Crippen LogP contribution >= 0.6 is 0 Å². The number of rotatable bonds is 6. The van der Waals surface area contributed by atoms with Crippen molar-refractivity contribution < 1.29 is 0 Å². The van der Waals surface area contributed by atoms with Crippen molar-refractivity contribution in [2.24, 2.45) is 0 Å². The molecule has 0 amide bonds. The van der Waals surface area contributed by atoms with Crippen LogP contribution in [0.5, 0.6) is 0 Å². The standard InChI is InChI=1S/C22H27N5/c1-6-7-20-23-21(16-8-12-18(13-9-16)26(2)3)22(25-24-20)17-10-14-19(15-11-17)27(4)5/h8-15H,6-7H2,1-5H3. The minimum Gasteiger partial charge on any atom is -0.378 e. The topological polar surface area (TPSA) is 45.2 Å². The highest BCUT2D eigenvalue weighted by Gasteiger charge is 2.14. The van der Waals surface area contributed by atoms with E-state index in [0.29, 0.717) is 0 Å². The molecule has 0 unspecified atom stereocenters. The van der Waals surface area contributed by atoms with Gasteiger partial charge in [-0.25, -0.2) is 4.98 Å². The number of nitrogens with zero attached hydrogens (tertiary/aromatic N) is 5. The minimum atomic E-state index is 0.790. The van der Waals surface area contributed by atoms with Gasteiger partial charge in [-0.15, -0.1) is 10.2 Å². The van der Waals surface area contributed by atoms with Gasteiger partial charge in [0.15, 0.2) is 5.82 Å². The van der Waals surface area contributed by atoms with Gasteiger partial charge >= 0.3 is 0 Å². The third-order valence-electron chi connectivity index (χ3n) is 4.52. The zero-order chi connectivity index (χ0) is 19.4. The van der Waals surface area contributed by atoms with Crippen molar-refractivity contribution in [3.63, 3.8) is 0 Å². The van der Waals surface area contributed by atoms with E-state index in [1.807, 2.05) is 28.2 Å². The number of aromatic nitrogens is 3. The zero-order valence-corrected chi connectivity index (χ0v) is 16.8. The van der Waals surface area contributed by atoms with Crippen LogP contribution in [-0.4, -0.2) is 43.4 Å². The summed E-state index contributed by atoms with van der Waals surface area (Å²) in [6.45, 7) is 2.13. The average Bonchev–Trinajstić information content (AvgIpc) is 2.68. The fraction of sp³-hybridized carbons (Fsp3) is 0.318. The van der Waals surface area contributed by atoms with Crippen molar-refractivity contribution in [2.75, 3.05) is 38.0 Å². The lowest BCUT2D eigenvalue weighted by molar-refractivity contribution is 0.792. The Hall–Kier alpha value is -2.95. The summed E-state index contributed by atoms with van der Waals surface area (Å²) in [5.41, 5.74) is 6.09. The van der Waals surface area contributed by atoms with Crippen LogP contribution in [0.2, 0.25) is 0 Å². The first-order valence-corrected chi connectivity index (χ1v) is 9.28. The first kappa shape index (κ1) is 18.8. The van der Waals surface area contributed by atoms with Crippen molar-refractivity contribution in [3.8, 4) is 22.5 Å². The molecule has 0 radical (unpaired) electrons. The van der Waals surface area contributed by atoms with Gasteiger partial charge in [-0.05, 0) is 30.7 Å². The molecule has 0 fully saturated rings. The van der Waals surface area contributed by atoms with E-state index < -0.39 is 0 Å². The number of hydrogen-bond donors (Lipinski definition) is 0. The number of anilines is 2. The quantitative estimate of drug-likeness (QED) is 0.655. The molecular weight excluding hydrogens is 334 g/mol. The van der Waals surface area contributed by atoms with Gasteiger partial charge in [0.2, 0.25) is 0 Å². The molecule has 0 aliphatic carbocycles. The summed E-state index contributed by atoms with van der Waals surface area (Å²) in [6, 6.07) is 16.8. The fourth-order valence-electron chi connectivity index (χ4n) is 2.92. The Morgan fingerprint density at radius 2 is 1.15 bits per heavy atom. The van der Waals surface area contributed by atoms with E-state index in [0.717, 1.165) is 52.6 Å². The second-order valence-corrected chi connectivity index (χ2v) is 7.06. The maximum absolute atomic E-state index is 4.84. The predicted molar refractivity (Wildman–Crippen MR) is 113 cm³/mol. The molecule has 0 bridgehead atoms. The monoisotopic (exact) mass is 361 g/mol. The van der Waals surface area contributed by atoms with Gasteiger partial charge in [-0.3, -0.25) is 0 Å².